The average Bonchev–Trinajstić information content (AvgIpc) is 2.26. The van der Waals surface area contributed by atoms with Gasteiger partial charge in [0.15, 0.2) is 5.03 Å². The summed E-state index contributed by atoms with van der Waals surface area (Å²) in [5.41, 5.74) is 4.98. The lowest BCUT2D eigenvalue weighted by atomic mass is 10.5. The first kappa shape index (κ1) is 13.2. The van der Waals surface area contributed by atoms with Gasteiger partial charge < -0.3 is 10.5 Å². The molecule has 0 atom stereocenters. The van der Waals surface area contributed by atoms with E-state index in [-0.39, 0.29) is 28.9 Å². The number of nitrogens with two attached hydrogens (primary N) is 1. The molecule has 1 aromatic heterocycles. The summed E-state index contributed by atoms with van der Waals surface area (Å²) in [5.74, 6) is -0.758. The lowest BCUT2D eigenvalue weighted by Gasteiger charge is -2.03. The van der Waals surface area contributed by atoms with Gasteiger partial charge in [-0.2, -0.15) is 0 Å². The molecule has 0 saturated heterocycles. The Morgan fingerprint density at radius 1 is 1.65 bits per heavy atom. The third-order valence-electron chi connectivity index (χ3n) is 1.63. The van der Waals surface area contributed by atoms with Crippen LogP contribution in [0.4, 0.5) is 11.5 Å². The molecule has 2 N–H and O–H groups in total. The van der Waals surface area contributed by atoms with E-state index in [1.165, 1.54) is 0 Å². The summed E-state index contributed by atoms with van der Waals surface area (Å²) in [5, 5.41) is 10.8. The summed E-state index contributed by atoms with van der Waals surface area (Å²) in [6.45, 7) is 1.93. The van der Waals surface area contributed by atoms with E-state index in [1.54, 1.807) is 6.92 Å². The van der Waals surface area contributed by atoms with Crippen molar-refractivity contribution in [3.63, 3.8) is 0 Å². The van der Waals surface area contributed by atoms with Crippen molar-refractivity contribution in [2.24, 2.45) is 0 Å². The predicted octanol–water partition coefficient (Wildman–Crippen LogP) is 0.622. The van der Waals surface area contributed by atoms with Crippen LogP contribution in [-0.2, 0) is 9.53 Å². The van der Waals surface area contributed by atoms with Crippen molar-refractivity contribution >= 4 is 29.2 Å². The molecule has 9 heteroatoms. The van der Waals surface area contributed by atoms with Gasteiger partial charge in [0.05, 0.1) is 17.3 Å². The molecule has 1 heterocycles. The van der Waals surface area contributed by atoms with Gasteiger partial charge in [0.25, 0.3) is 0 Å². The molecule has 8 nitrogen and oxygen atoms in total. The maximum Gasteiger partial charge on any atom is 0.343 e. The molecule has 92 valence electrons. The molecule has 0 fully saturated rings. The molecule has 0 unspecified atom stereocenters. The van der Waals surface area contributed by atoms with Crippen molar-refractivity contribution in [1.82, 2.24) is 9.97 Å². The number of nitro groups is 1. The summed E-state index contributed by atoms with van der Waals surface area (Å²) in [6, 6.07) is 0. The number of anilines is 1. The minimum absolute atomic E-state index is 0.0514. The van der Waals surface area contributed by atoms with Crippen molar-refractivity contribution in [2.45, 2.75) is 11.9 Å². The van der Waals surface area contributed by atoms with Gasteiger partial charge in [-0.05, 0) is 6.92 Å². The molecule has 17 heavy (non-hydrogen) atoms. The Morgan fingerprint density at radius 3 is 2.94 bits per heavy atom. The minimum Gasteiger partial charge on any atom is -0.465 e. The number of thioether (sulfide) groups is 1. The van der Waals surface area contributed by atoms with Crippen molar-refractivity contribution in [3.8, 4) is 0 Å². The first-order chi connectivity index (χ1) is 8.06. The second-order valence-corrected chi connectivity index (χ2v) is 3.73. The van der Waals surface area contributed by atoms with Crippen LogP contribution in [0.15, 0.2) is 11.4 Å². The van der Waals surface area contributed by atoms with E-state index in [9.17, 15) is 14.9 Å². The average molecular weight is 258 g/mol. The molecular formula is C8H10N4O4S. The fourth-order valence-corrected chi connectivity index (χ4v) is 1.76. The number of aromatic nitrogens is 2. The molecule has 0 saturated carbocycles. The van der Waals surface area contributed by atoms with Gasteiger partial charge in [0.1, 0.15) is 6.33 Å². The Kier molecular flexibility index (Phi) is 4.64. The topological polar surface area (TPSA) is 121 Å². The SMILES string of the molecule is CCOC(=O)CSc1ncnc(N)c1[N+](=O)[O-]. The van der Waals surface area contributed by atoms with Gasteiger partial charge in [-0.3, -0.25) is 14.9 Å². The van der Waals surface area contributed by atoms with E-state index in [0.29, 0.717) is 0 Å². The van der Waals surface area contributed by atoms with Crippen LogP contribution in [0, 0.1) is 10.1 Å². The minimum atomic E-state index is -0.678. The summed E-state index contributed by atoms with van der Waals surface area (Å²) in [6.07, 6.45) is 1.11. The van der Waals surface area contributed by atoms with Crippen LogP contribution in [-0.4, -0.2) is 33.2 Å². The zero-order valence-electron chi connectivity index (χ0n) is 8.95. The number of carbonyl (C=O) groups excluding carboxylic acids is 1. The van der Waals surface area contributed by atoms with E-state index in [4.69, 9.17) is 5.73 Å². The first-order valence-electron chi connectivity index (χ1n) is 4.59. The van der Waals surface area contributed by atoms with E-state index in [1.807, 2.05) is 0 Å². The number of esters is 1. The molecule has 0 aliphatic heterocycles. The van der Waals surface area contributed by atoms with Crippen LogP contribution in [0.5, 0.6) is 0 Å². The Morgan fingerprint density at radius 2 is 2.35 bits per heavy atom. The molecule has 0 radical (unpaired) electrons. The highest BCUT2D eigenvalue weighted by Gasteiger charge is 2.21. The van der Waals surface area contributed by atoms with Crippen LogP contribution in [0.3, 0.4) is 0 Å². The highest BCUT2D eigenvalue weighted by Crippen LogP contribution is 2.30. The van der Waals surface area contributed by atoms with Crippen LogP contribution in [0.25, 0.3) is 0 Å². The Balaban J connectivity index is 2.81. The van der Waals surface area contributed by atoms with Crippen molar-refractivity contribution in [3.05, 3.63) is 16.4 Å². The van der Waals surface area contributed by atoms with E-state index >= 15 is 0 Å². The summed E-state index contributed by atoms with van der Waals surface area (Å²) >= 11 is 0.890. The number of carbonyl (C=O) groups is 1. The normalized spacial score (nSPS) is 9.94. The highest BCUT2D eigenvalue weighted by atomic mass is 32.2. The number of rotatable bonds is 5. The lowest BCUT2D eigenvalue weighted by Crippen LogP contribution is -2.08. The number of hydrogen-bond donors (Lipinski definition) is 1. The fourth-order valence-electron chi connectivity index (χ4n) is 0.983. The maximum atomic E-state index is 11.1. The third-order valence-corrected chi connectivity index (χ3v) is 2.58. The second-order valence-electron chi connectivity index (χ2n) is 2.76. The molecule has 0 aliphatic rings. The molecule has 0 aliphatic carbocycles. The lowest BCUT2D eigenvalue weighted by molar-refractivity contribution is -0.387. The Labute approximate surface area is 101 Å². The van der Waals surface area contributed by atoms with Gasteiger partial charge in [-0.1, -0.05) is 11.8 Å². The molecule has 0 bridgehead atoms. The quantitative estimate of drug-likeness (QED) is 0.268. The molecule has 1 rings (SSSR count). The number of ether oxygens (including phenoxy) is 1. The van der Waals surface area contributed by atoms with Gasteiger partial charge in [0.2, 0.25) is 5.82 Å². The zero-order valence-corrected chi connectivity index (χ0v) is 9.77. The third kappa shape index (κ3) is 3.55. The second kappa shape index (κ2) is 5.99. The van der Waals surface area contributed by atoms with Crippen molar-refractivity contribution < 1.29 is 14.5 Å². The monoisotopic (exact) mass is 258 g/mol. The van der Waals surface area contributed by atoms with Crippen LogP contribution in [0.1, 0.15) is 6.92 Å². The Bertz CT molecular complexity index is 440. The van der Waals surface area contributed by atoms with E-state index < -0.39 is 10.9 Å². The number of nitrogens with zero attached hydrogens (tertiary/aromatic N) is 3. The molecular weight excluding hydrogens is 248 g/mol. The van der Waals surface area contributed by atoms with Gasteiger partial charge in [0, 0.05) is 0 Å². The van der Waals surface area contributed by atoms with Gasteiger partial charge >= 0.3 is 11.7 Å². The predicted molar refractivity (Wildman–Crippen MR) is 60.5 cm³/mol. The van der Waals surface area contributed by atoms with Crippen LogP contribution in [0.2, 0.25) is 0 Å². The number of nitrogen functional groups attached to an aromatic ring is 1. The van der Waals surface area contributed by atoms with Crippen LogP contribution < -0.4 is 5.73 Å². The zero-order chi connectivity index (χ0) is 12.8. The van der Waals surface area contributed by atoms with Gasteiger partial charge in [-0.15, -0.1) is 0 Å². The van der Waals surface area contributed by atoms with E-state index in [2.05, 4.69) is 14.7 Å². The maximum absolute atomic E-state index is 11.1. The molecule has 1 aromatic rings. The largest absolute Gasteiger partial charge is 0.465 e. The summed E-state index contributed by atoms with van der Waals surface area (Å²) in [7, 11) is 0. The van der Waals surface area contributed by atoms with Crippen molar-refractivity contribution in [1.29, 1.82) is 0 Å². The van der Waals surface area contributed by atoms with Crippen LogP contribution >= 0.6 is 11.8 Å². The molecule has 0 spiro atoms. The summed E-state index contributed by atoms with van der Waals surface area (Å²) < 4.78 is 4.69. The number of hydrogen-bond acceptors (Lipinski definition) is 8. The van der Waals surface area contributed by atoms with Crippen molar-refractivity contribution in [2.75, 3.05) is 18.1 Å². The van der Waals surface area contributed by atoms with E-state index in [0.717, 1.165) is 18.1 Å². The Hall–Kier alpha value is -1.90. The summed E-state index contributed by atoms with van der Waals surface area (Å²) in [4.78, 5) is 28.4. The first-order valence-corrected chi connectivity index (χ1v) is 5.58. The smallest absolute Gasteiger partial charge is 0.343 e. The fraction of sp³-hybridized carbons (Fsp3) is 0.375. The highest BCUT2D eigenvalue weighted by molar-refractivity contribution is 8.00. The van der Waals surface area contributed by atoms with Gasteiger partial charge in [-0.25, -0.2) is 9.97 Å². The molecule has 0 aromatic carbocycles. The molecule has 0 amide bonds. The standard InChI is InChI=1S/C8H10N4O4S/c1-2-16-5(13)3-17-8-6(12(14)15)7(9)10-4-11-8/h4H,2-3H2,1H3,(H2,9,10,11).